The van der Waals surface area contributed by atoms with E-state index in [1.807, 2.05) is 0 Å². The summed E-state index contributed by atoms with van der Waals surface area (Å²) in [5, 5.41) is 0. The number of amides is 1. The van der Waals surface area contributed by atoms with Gasteiger partial charge in [0.05, 0.1) is 11.3 Å². The molecule has 0 aliphatic carbocycles. The lowest BCUT2D eigenvalue weighted by Crippen LogP contribution is -2.21. The number of benzene rings is 1. The van der Waals surface area contributed by atoms with Crippen LogP contribution < -0.4 is 10.5 Å². The van der Waals surface area contributed by atoms with Gasteiger partial charge in [0.1, 0.15) is 5.56 Å². The Kier molecular flexibility index (Phi) is 4.01. The van der Waals surface area contributed by atoms with Crippen LogP contribution in [0.2, 0.25) is 0 Å². The van der Waals surface area contributed by atoms with Gasteiger partial charge in [-0.1, -0.05) is 0 Å². The van der Waals surface area contributed by atoms with Gasteiger partial charge in [0, 0.05) is 12.4 Å². The zero-order chi connectivity index (χ0) is 17.4. The van der Waals surface area contributed by atoms with Crippen molar-refractivity contribution in [1.82, 2.24) is 4.57 Å². The topological polar surface area (TPSA) is 57.3 Å². The van der Waals surface area contributed by atoms with Crippen LogP contribution >= 0.6 is 0 Å². The van der Waals surface area contributed by atoms with Crippen molar-refractivity contribution in [2.45, 2.75) is 12.4 Å². The van der Waals surface area contributed by atoms with Gasteiger partial charge in [-0.05, 0) is 24.3 Å². The normalized spacial score (nSPS) is 12.3. The quantitative estimate of drug-likeness (QED) is 0.843. The Balaban J connectivity index is 2.82. The smallest absolute Gasteiger partial charge is 0.408 e. The minimum absolute atomic E-state index is 0.134. The van der Waals surface area contributed by atoms with Crippen molar-refractivity contribution in [3.05, 3.63) is 47.8 Å². The van der Waals surface area contributed by atoms with Gasteiger partial charge in [0.2, 0.25) is 0 Å². The maximum atomic E-state index is 13.1. The van der Waals surface area contributed by atoms with Gasteiger partial charge in [0.15, 0.2) is 5.75 Å². The summed E-state index contributed by atoms with van der Waals surface area (Å²) in [6.45, 7) is 0. The van der Waals surface area contributed by atoms with Gasteiger partial charge in [-0.15, -0.1) is 0 Å². The molecule has 2 rings (SSSR count). The molecule has 0 saturated heterocycles. The van der Waals surface area contributed by atoms with Crippen LogP contribution in [0.15, 0.2) is 36.7 Å². The Morgan fingerprint density at radius 2 is 1.57 bits per heavy atom. The number of aromatic nitrogens is 1. The molecule has 4 nitrogen and oxygen atoms in total. The summed E-state index contributed by atoms with van der Waals surface area (Å²) >= 11 is 0. The summed E-state index contributed by atoms with van der Waals surface area (Å²) in [6, 6.07) is 3.06. The van der Waals surface area contributed by atoms with E-state index in [0.717, 1.165) is 4.57 Å². The average molecular weight is 338 g/mol. The maximum absolute atomic E-state index is 13.1. The van der Waals surface area contributed by atoms with Crippen LogP contribution in [-0.4, -0.2) is 10.7 Å². The molecule has 124 valence electrons. The lowest BCUT2D eigenvalue weighted by molar-refractivity contribution is -0.143. The van der Waals surface area contributed by atoms with E-state index in [4.69, 9.17) is 5.73 Å². The second kappa shape index (κ2) is 5.52. The second-order valence-corrected chi connectivity index (χ2v) is 4.38. The third-order valence-electron chi connectivity index (χ3n) is 2.79. The van der Waals surface area contributed by atoms with Crippen LogP contribution in [0.5, 0.6) is 5.75 Å². The number of carbonyl (C=O) groups excluding carboxylic acids is 1. The SMILES string of the molecule is NC(=O)Oc1c(-n2cccc2)cc(C(F)(F)F)cc1C(F)(F)F. The first-order chi connectivity index (χ1) is 10.5. The van der Waals surface area contributed by atoms with Crippen molar-refractivity contribution in [3.8, 4) is 11.4 Å². The summed E-state index contributed by atoms with van der Waals surface area (Å²) in [5.74, 6) is -1.10. The molecule has 1 heterocycles. The highest BCUT2D eigenvalue weighted by molar-refractivity contribution is 5.71. The minimum Gasteiger partial charge on any atom is -0.408 e. The second-order valence-electron chi connectivity index (χ2n) is 4.38. The fraction of sp³-hybridized carbons (Fsp3) is 0.154. The van der Waals surface area contributed by atoms with E-state index in [1.54, 1.807) is 0 Å². The molecule has 0 aliphatic heterocycles. The Bertz CT molecular complexity index is 719. The molecule has 1 aromatic heterocycles. The van der Waals surface area contributed by atoms with E-state index in [2.05, 4.69) is 4.74 Å². The average Bonchev–Trinajstić information content (AvgIpc) is 2.89. The molecular formula is C13H8F6N2O2. The predicted octanol–water partition coefficient (Wildman–Crippen LogP) is 3.97. The van der Waals surface area contributed by atoms with Crippen molar-refractivity contribution in [3.63, 3.8) is 0 Å². The van der Waals surface area contributed by atoms with E-state index in [-0.39, 0.29) is 6.07 Å². The Labute approximate surface area is 125 Å². The molecule has 1 amide bonds. The van der Waals surface area contributed by atoms with Crippen molar-refractivity contribution in [1.29, 1.82) is 0 Å². The number of carbonyl (C=O) groups is 1. The Morgan fingerprint density at radius 3 is 2.00 bits per heavy atom. The zero-order valence-electron chi connectivity index (χ0n) is 11.1. The lowest BCUT2D eigenvalue weighted by Gasteiger charge is -2.19. The molecule has 0 radical (unpaired) electrons. The van der Waals surface area contributed by atoms with E-state index in [0.29, 0.717) is 6.07 Å². The molecule has 0 aliphatic rings. The maximum Gasteiger partial charge on any atom is 0.420 e. The van der Waals surface area contributed by atoms with Crippen LogP contribution in [0.1, 0.15) is 11.1 Å². The molecule has 0 bridgehead atoms. The largest absolute Gasteiger partial charge is 0.420 e. The molecular weight excluding hydrogens is 330 g/mol. The third kappa shape index (κ3) is 3.58. The third-order valence-corrected chi connectivity index (χ3v) is 2.79. The summed E-state index contributed by atoms with van der Waals surface area (Å²) < 4.78 is 83.1. The van der Waals surface area contributed by atoms with Crippen molar-refractivity contribution >= 4 is 6.09 Å². The highest BCUT2D eigenvalue weighted by Gasteiger charge is 2.41. The first-order valence-corrected chi connectivity index (χ1v) is 5.93. The van der Waals surface area contributed by atoms with Crippen LogP contribution in [0.25, 0.3) is 5.69 Å². The number of halogens is 6. The molecule has 23 heavy (non-hydrogen) atoms. The van der Waals surface area contributed by atoms with Crippen molar-refractivity contribution in [2.24, 2.45) is 5.73 Å². The monoisotopic (exact) mass is 338 g/mol. The van der Waals surface area contributed by atoms with E-state index in [9.17, 15) is 31.1 Å². The van der Waals surface area contributed by atoms with Gasteiger partial charge >= 0.3 is 18.4 Å². The fourth-order valence-corrected chi connectivity index (χ4v) is 1.88. The van der Waals surface area contributed by atoms with E-state index >= 15 is 0 Å². The molecule has 0 atom stereocenters. The molecule has 0 saturated carbocycles. The summed E-state index contributed by atoms with van der Waals surface area (Å²) in [5.41, 5.74) is 0.816. The van der Waals surface area contributed by atoms with Crippen LogP contribution in [0, 0.1) is 0 Å². The van der Waals surface area contributed by atoms with E-state index < -0.39 is 41.0 Å². The highest BCUT2D eigenvalue weighted by Crippen LogP contribution is 2.43. The van der Waals surface area contributed by atoms with Crippen LogP contribution in [-0.2, 0) is 12.4 Å². The number of hydrogen-bond donors (Lipinski definition) is 1. The first-order valence-electron chi connectivity index (χ1n) is 5.93. The Morgan fingerprint density at radius 1 is 1.00 bits per heavy atom. The number of hydrogen-bond acceptors (Lipinski definition) is 2. The molecule has 10 heteroatoms. The zero-order valence-corrected chi connectivity index (χ0v) is 11.1. The number of ether oxygens (including phenoxy) is 1. The predicted molar refractivity (Wildman–Crippen MR) is 66.0 cm³/mol. The van der Waals surface area contributed by atoms with Crippen molar-refractivity contribution in [2.75, 3.05) is 0 Å². The van der Waals surface area contributed by atoms with Gasteiger partial charge in [-0.25, -0.2) is 4.79 Å². The van der Waals surface area contributed by atoms with Crippen molar-refractivity contribution < 1.29 is 35.9 Å². The van der Waals surface area contributed by atoms with Gasteiger partial charge in [-0.2, -0.15) is 26.3 Å². The minimum atomic E-state index is -5.19. The van der Waals surface area contributed by atoms with Gasteiger partial charge < -0.3 is 15.0 Å². The number of alkyl halides is 6. The molecule has 1 aromatic carbocycles. The van der Waals surface area contributed by atoms with E-state index in [1.165, 1.54) is 24.5 Å². The number of nitrogens with two attached hydrogens (primary N) is 1. The molecule has 0 fully saturated rings. The number of rotatable bonds is 2. The fourth-order valence-electron chi connectivity index (χ4n) is 1.88. The summed E-state index contributed by atoms with van der Waals surface area (Å²) in [7, 11) is 0. The summed E-state index contributed by atoms with van der Waals surface area (Å²) in [4.78, 5) is 10.9. The number of nitrogens with zero attached hydrogens (tertiary/aromatic N) is 1. The first kappa shape index (κ1) is 16.7. The molecule has 0 spiro atoms. The molecule has 0 unspecified atom stereocenters. The van der Waals surface area contributed by atoms with Crippen LogP contribution in [0.4, 0.5) is 31.1 Å². The van der Waals surface area contributed by atoms with Gasteiger partial charge in [0.25, 0.3) is 0 Å². The van der Waals surface area contributed by atoms with Gasteiger partial charge in [-0.3, -0.25) is 0 Å². The number of primary amides is 1. The lowest BCUT2D eigenvalue weighted by atomic mass is 10.1. The molecule has 2 aromatic rings. The highest BCUT2D eigenvalue weighted by atomic mass is 19.4. The summed E-state index contributed by atoms with van der Waals surface area (Å²) in [6.07, 6.45) is -9.39. The molecule has 2 N–H and O–H groups in total. The Hall–Kier alpha value is -2.65. The standard InChI is InChI=1S/C13H8F6N2O2/c14-12(15,16)7-5-8(13(17,18)19)10(23-11(20)22)9(6-7)21-3-1-2-4-21/h1-6H,(H2,20,22). The van der Waals surface area contributed by atoms with Crippen LogP contribution in [0.3, 0.4) is 0 Å².